The van der Waals surface area contributed by atoms with Gasteiger partial charge in [0.15, 0.2) is 11.5 Å². The molecule has 0 saturated heterocycles. The van der Waals surface area contributed by atoms with E-state index in [9.17, 15) is 0 Å². The first-order chi connectivity index (χ1) is 11.1. The van der Waals surface area contributed by atoms with E-state index in [-0.39, 0.29) is 19.0 Å². The molecule has 0 heterocycles. The largest absolute Gasteiger partial charge is 1.00 e. The van der Waals surface area contributed by atoms with Crippen molar-refractivity contribution >= 4 is 11.6 Å². The van der Waals surface area contributed by atoms with Gasteiger partial charge >= 0.3 is 0 Å². The van der Waals surface area contributed by atoms with Gasteiger partial charge in [-0.05, 0) is 30.2 Å². The van der Waals surface area contributed by atoms with Crippen LogP contribution in [-0.4, -0.2) is 25.4 Å². The van der Waals surface area contributed by atoms with Crippen LogP contribution in [0.5, 0.6) is 11.5 Å². The van der Waals surface area contributed by atoms with E-state index < -0.39 is 0 Å². The van der Waals surface area contributed by atoms with Crippen LogP contribution in [0.3, 0.4) is 0 Å². The molecule has 0 radical (unpaired) electrons. The maximum absolute atomic E-state index is 8.81. The summed E-state index contributed by atoms with van der Waals surface area (Å²) in [4.78, 5) is 0. The van der Waals surface area contributed by atoms with Crippen molar-refractivity contribution in [2.24, 2.45) is 0 Å². The number of methoxy groups -OCH3 is 1. The quantitative estimate of drug-likeness (QED) is 0.657. The molecule has 6 heteroatoms. The smallest absolute Gasteiger partial charge is 0.180 e. The van der Waals surface area contributed by atoms with Gasteiger partial charge in [0.2, 0.25) is 0 Å². The number of aliphatic hydroxyl groups excluding tert-OH is 1. The number of aliphatic hydroxyl groups is 1. The highest BCUT2D eigenvalue weighted by atomic mass is 35.5. The molecule has 0 unspecified atom stereocenters. The maximum Gasteiger partial charge on any atom is 0.180 e. The second kappa shape index (κ2) is 10.4. The number of ether oxygens (including phenoxy) is 2. The lowest BCUT2D eigenvalue weighted by Crippen LogP contribution is -3.00. The van der Waals surface area contributed by atoms with Gasteiger partial charge in [-0.2, -0.15) is 0 Å². The van der Waals surface area contributed by atoms with Gasteiger partial charge in [0, 0.05) is 13.1 Å². The molecule has 0 amide bonds. The molecule has 0 aliphatic heterocycles. The Labute approximate surface area is 154 Å². The highest BCUT2D eigenvalue weighted by Crippen LogP contribution is 2.37. The van der Waals surface area contributed by atoms with Crippen LogP contribution in [-0.2, 0) is 13.2 Å². The first-order valence-corrected chi connectivity index (χ1v) is 7.88. The van der Waals surface area contributed by atoms with E-state index in [2.05, 4.69) is 5.32 Å². The molecule has 4 nitrogen and oxygen atoms in total. The van der Waals surface area contributed by atoms with Gasteiger partial charge in [0.1, 0.15) is 6.61 Å². The predicted molar refractivity (Wildman–Crippen MR) is 92.3 cm³/mol. The van der Waals surface area contributed by atoms with E-state index in [1.54, 1.807) is 7.11 Å². The third-order valence-electron chi connectivity index (χ3n) is 3.41. The lowest BCUT2D eigenvalue weighted by molar-refractivity contribution is -0.00000632. The second-order valence-electron chi connectivity index (χ2n) is 5.28. The molecule has 0 bridgehead atoms. The zero-order valence-corrected chi connectivity index (χ0v) is 15.3. The van der Waals surface area contributed by atoms with E-state index in [4.69, 9.17) is 26.2 Å². The summed E-state index contributed by atoms with van der Waals surface area (Å²) in [5, 5.41) is 12.4. The highest BCUT2D eigenvalue weighted by molar-refractivity contribution is 6.32. The Balaban J connectivity index is 0.00000288. The van der Waals surface area contributed by atoms with Gasteiger partial charge in [-0.25, -0.2) is 0 Å². The topological polar surface area (TPSA) is 50.7 Å². The van der Waals surface area contributed by atoms with Gasteiger partial charge in [-0.1, -0.05) is 41.4 Å². The Morgan fingerprint density at radius 2 is 1.83 bits per heavy atom. The van der Waals surface area contributed by atoms with Crippen molar-refractivity contribution in [3.8, 4) is 11.5 Å². The number of rotatable bonds is 8. The highest BCUT2D eigenvalue weighted by Gasteiger charge is 2.12. The van der Waals surface area contributed by atoms with Crippen molar-refractivity contribution < 1.29 is 27.0 Å². The molecule has 2 aromatic carbocycles. The standard InChI is InChI=1S/C18H22ClNO3.ClH/c1-13-3-5-14(6-4-13)12-23-18-16(19)9-15(10-17(18)22-2)11-20-7-8-21;/h3-6,9-10,20-21H,7-8,11-12H2,1-2H3;1H/p-1. The van der Waals surface area contributed by atoms with E-state index >= 15 is 0 Å². The average molecular weight is 371 g/mol. The average Bonchev–Trinajstić information content (AvgIpc) is 2.55. The Kier molecular flexibility index (Phi) is 8.93. The summed E-state index contributed by atoms with van der Waals surface area (Å²) in [6.07, 6.45) is 0. The normalized spacial score (nSPS) is 10.2. The summed E-state index contributed by atoms with van der Waals surface area (Å²) in [6.45, 7) is 3.72. The van der Waals surface area contributed by atoms with Crippen molar-refractivity contribution in [2.75, 3.05) is 20.3 Å². The summed E-state index contributed by atoms with van der Waals surface area (Å²) in [6, 6.07) is 11.9. The molecule has 2 aromatic rings. The van der Waals surface area contributed by atoms with Gasteiger partial charge < -0.3 is 32.3 Å². The van der Waals surface area contributed by atoms with Crippen LogP contribution in [0.2, 0.25) is 5.02 Å². The van der Waals surface area contributed by atoms with Crippen LogP contribution >= 0.6 is 11.6 Å². The van der Waals surface area contributed by atoms with Gasteiger partial charge in [0.25, 0.3) is 0 Å². The van der Waals surface area contributed by atoms with Crippen LogP contribution < -0.4 is 27.2 Å². The number of nitrogens with one attached hydrogen (secondary N) is 1. The summed E-state index contributed by atoms with van der Waals surface area (Å²) < 4.78 is 11.2. The fourth-order valence-electron chi connectivity index (χ4n) is 2.17. The molecular weight excluding hydrogens is 349 g/mol. The van der Waals surface area contributed by atoms with E-state index in [1.807, 2.05) is 43.3 Å². The molecule has 2 N–H and O–H groups in total. The second-order valence-corrected chi connectivity index (χ2v) is 5.69. The van der Waals surface area contributed by atoms with Crippen LogP contribution in [0.1, 0.15) is 16.7 Å². The van der Waals surface area contributed by atoms with Crippen LogP contribution in [0.4, 0.5) is 0 Å². The van der Waals surface area contributed by atoms with Gasteiger partial charge in [0.05, 0.1) is 18.7 Å². The lowest BCUT2D eigenvalue weighted by atomic mass is 10.1. The third kappa shape index (κ3) is 5.87. The molecule has 132 valence electrons. The molecule has 0 saturated carbocycles. The fourth-order valence-corrected chi connectivity index (χ4v) is 2.45. The molecule has 0 aliphatic carbocycles. The molecule has 0 aliphatic rings. The molecule has 0 aromatic heterocycles. The summed E-state index contributed by atoms with van der Waals surface area (Å²) in [7, 11) is 1.59. The number of halogens is 2. The van der Waals surface area contributed by atoms with Crippen LogP contribution in [0.25, 0.3) is 0 Å². The van der Waals surface area contributed by atoms with Crippen molar-refractivity contribution in [3.05, 3.63) is 58.1 Å². The molecular formula is C18H22Cl2NO3-. The fraction of sp³-hybridized carbons (Fsp3) is 0.333. The number of hydrogen-bond donors (Lipinski definition) is 2. The molecule has 24 heavy (non-hydrogen) atoms. The number of hydrogen-bond acceptors (Lipinski definition) is 4. The number of aryl methyl sites for hydroxylation is 1. The Morgan fingerprint density at radius 3 is 2.46 bits per heavy atom. The maximum atomic E-state index is 8.81. The van der Waals surface area contributed by atoms with Crippen molar-refractivity contribution in [1.82, 2.24) is 5.32 Å². The van der Waals surface area contributed by atoms with Crippen LogP contribution in [0, 0.1) is 6.92 Å². The predicted octanol–water partition coefficient (Wildman–Crippen LogP) is 0.322. The Hall–Kier alpha value is -1.46. The third-order valence-corrected chi connectivity index (χ3v) is 3.69. The number of benzene rings is 2. The summed E-state index contributed by atoms with van der Waals surface area (Å²) in [5.41, 5.74) is 3.26. The molecule has 0 spiro atoms. The minimum Gasteiger partial charge on any atom is -1.00 e. The van der Waals surface area contributed by atoms with E-state index in [1.165, 1.54) is 5.56 Å². The van der Waals surface area contributed by atoms with Gasteiger partial charge in [-0.15, -0.1) is 0 Å². The minimum absolute atomic E-state index is 0. The van der Waals surface area contributed by atoms with Crippen molar-refractivity contribution in [2.45, 2.75) is 20.1 Å². The molecule has 2 rings (SSSR count). The first-order valence-electron chi connectivity index (χ1n) is 7.50. The monoisotopic (exact) mass is 370 g/mol. The molecule has 0 fully saturated rings. The summed E-state index contributed by atoms with van der Waals surface area (Å²) in [5.74, 6) is 1.14. The van der Waals surface area contributed by atoms with E-state index in [0.717, 1.165) is 11.1 Å². The zero-order valence-electron chi connectivity index (χ0n) is 13.8. The SMILES string of the molecule is COc1cc(CNCCO)cc(Cl)c1OCc1ccc(C)cc1.[Cl-]. The van der Waals surface area contributed by atoms with Gasteiger partial charge in [-0.3, -0.25) is 0 Å². The Bertz CT molecular complexity index is 633. The first kappa shape index (κ1) is 20.6. The van der Waals surface area contributed by atoms with Crippen LogP contribution in [0.15, 0.2) is 36.4 Å². The minimum atomic E-state index is 0. The van der Waals surface area contributed by atoms with Crippen molar-refractivity contribution in [3.63, 3.8) is 0 Å². The summed E-state index contributed by atoms with van der Waals surface area (Å²) >= 11 is 6.34. The lowest BCUT2D eigenvalue weighted by Gasteiger charge is -2.14. The zero-order chi connectivity index (χ0) is 16.7. The Morgan fingerprint density at radius 1 is 1.12 bits per heavy atom. The molecule has 0 atom stereocenters. The van der Waals surface area contributed by atoms with E-state index in [0.29, 0.717) is 36.2 Å². The van der Waals surface area contributed by atoms with Crippen molar-refractivity contribution in [1.29, 1.82) is 0 Å².